The highest BCUT2D eigenvalue weighted by molar-refractivity contribution is 6.32. The third-order valence-electron chi connectivity index (χ3n) is 3.52. The maximum atomic E-state index is 12.2. The first-order chi connectivity index (χ1) is 10.1. The molecule has 0 aliphatic carbocycles. The van der Waals surface area contributed by atoms with Crippen molar-refractivity contribution in [3.05, 3.63) is 68.7 Å². The van der Waals surface area contributed by atoms with E-state index in [4.69, 9.17) is 11.6 Å². The van der Waals surface area contributed by atoms with Gasteiger partial charge in [-0.05, 0) is 23.8 Å². The van der Waals surface area contributed by atoms with Crippen molar-refractivity contribution in [1.29, 1.82) is 0 Å². The number of carbonyl (C=O) groups is 1. The summed E-state index contributed by atoms with van der Waals surface area (Å²) in [6, 6.07) is 11.6. The normalized spacial score (nSPS) is 17.0. The molecular weight excluding hydrogens is 292 g/mol. The highest BCUT2D eigenvalue weighted by Gasteiger charge is 2.26. The van der Waals surface area contributed by atoms with Crippen LogP contribution in [0.5, 0.6) is 0 Å². The second kappa shape index (κ2) is 5.18. The molecule has 0 fully saturated rings. The molecule has 0 unspecified atom stereocenters. The molecule has 0 saturated heterocycles. The van der Waals surface area contributed by atoms with Gasteiger partial charge in [-0.1, -0.05) is 29.8 Å². The topological polar surface area (TPSA) is 72.2 Å². The van der Waals surface area contributed by atoms with E-state index >= 15 is 0 Å². The molecule has 6 heteroatoms. The lowest BCUT2D eigenvalue weighted by molar-refractivity contribution is -0.384. The number of benzene rings is 2. The minimum absolute atomic E-state index is 0.0203. The average Bonchev–Trinajstić information content (AvgIpc) is 2.47. The van der Waals surface area contributed by atoms with Crippen LogP contribution in [0.1, 0.15) is 28.4 Å². The molecule has 1 aliphatic rings. The first-order valence-electron chi connectivity index (χ1n) is 6.39. The Morgan fingerprint density at radius 2 is 2.00 bits per heavy atom. The van der Waals surface area contributed by atoms with Crippen molar-refractivity contribution >= 4 is 28.8 Å². The molecule has 21 heavy (non-hydrogen) atoms. The van der Waals surface area contributed by atoms with Gasteiger partial charge in [0.05, 0.1) is 11.0 Å². The van der Waals surface area contributed by atoms with Gasteiger partial charge in [0, 0.05) is 23.7 Å². The molecule has 1 heterocycles. The molecule has 0 saturated carbocycles. The summed E-state index contributed by atoms with van der Waals surface area (Å²) < 4.78 is 0. The van der Waals surface area contributed by atoms with Gasteiger partial charge in [-0.25, -0.2) is 0 Å². The number of fused-ring (bicyclic) bond motifs is 1. The Labute approximate surface area is 125 Å². The van der Waals surface area contributed by atoms with Gasteiger partial charge in [0.15, 0.2) is 5.78 Å². The fraction of sp³-hybridized carbons (Fsp3) is 0.133. The van der Waals surface area contributed by atoms with E-state index in [1.165, 1.54) is 12.1 Å². The van der Waals surface area contributed by atoms with Gasteiger partial charge in [-0.3, -0.25) is 14.9 Å². The van der Waals surface area contributed by atoms with Crippen molar-refractivity contribution in [2.24, 2.45) is 0 Å². The van der Waals surface area contributed by atoms with Crippen molar-refractivity contribution in [3.63, 3.8) is 0 Å². The lowest BCUT2D eigenvalue weighted by Gasteiger charge is -2.26. The molecule has 1 aliphatic heterocycles. The molecule has 106 valence electrons. The van der Waals surface area contributed by atoms with E-state index in [2.05, 4.69) is 5.32 Å². The summed E-state index contributed by atoms with van der Waals surface area (Å²) in [5, 5.41) is 14.3. The Hall–Kier alpha value is -2.40. The maximum absolute atomic E-state index is 12.2. The zero-order chi connectivity index (χ0) is 15.0. The first-order valence-corrected chi connectivity index (χ1v) is 6.76. The van der Waals surface area contributed by atoms with E-state index in [-0.39, 0.29) is 29.0 Å². The van der Waals surface area contributed by atoms with Gasteiger partial charge < -0.3 is 5.32 Å². The molecular formula is C15H11ClN2O3. The fourth-order valence-electron chi connectivity index (χ4n) is 2.47. The number of carbonyl (C=O) groups excluding carboxylic acids is 1. The minimum atomic E-state index is -0.523. The second-order valence-corrected chi connectivity index (χ2v) is 5.24. The van der Waals surface area contributed by atoms with E-state index in [1.54, 1.807) is 12.1 Å². The summed E-state index contributed by atoms with van der Waals surface area (Å²) >= 11 is 5.81. The van der Waals surface area contributed by atoms with Crippen molar-refractivity contribution in [3.8, 4) is 0 Å². The van der Waals surface area contributed by atoms with E-state index in [0.29, 0.717) is 11.1 Å². The Kier molecular flexibility index (Phi) is 3.35. The number of hydrogen-bond donors (Lipinski definition) is 1. The molecule has 0 aromatic heterocycles. The van der Waals surface area contributed by atoms with Gasteiger partial charge >= 0.3 is 0 Å². The van der Waals surface area contributed by atoms with Crippen molar-refractivity contribution < 1.29 is 9.72 Å². The third-order valence-corrected chi connectivity index (χ3v) is 3.84. The number of Topliss-reactive ketones (excluding diaryl/α,β-unsaturated/α-hetero) is 1. The first kappa shape index (κ1) is 13.6. The van der Waals surface area contributed by atoms with Crippen molar-refractivity contribution in [1.82, 2.24) is 0 Å². The Morgan fingerprint density at radius 3 is 2.76 bits per heavy atom. The molecule has 0 bridgehead atoms. The number of rotatable bonds is 2. The van der Waals surface area contributed by atoms with Crippen LogP contribution in [0.2, 0.25) is 5.02 Å². The number of nitro groups is 1. The molecule has 0 spiro atoms. The van der Waals surface area contributed by atoms with Gasteiger partial charge in [0.25, 0.3) is 5.69 Å². The maximum Gasteiger partial charge on any atom is 0.288 e. The molecule has 0 amide bonds. The van der Waals surface area contributed by atoms with Crippen LogP contribution in [0.15, 0.2) is 42.5 Å². The van der Waals surface area contributed by atoms with Crippen LogP contribution in [-0.4, -0.2) is 10.7 Å². The highest BCUT2D eigenvalue weighted by Crippen LogP contribution is 2.35. The third kappa shape index (κ3) is 2.48. The molecule has 0 radical (unpaired) electrons. The lowest BCUT2D eigenvalue weighted by Crippen LogP contribution is -2.22. The van der Waals surface area contributed by atoms with Crippen LogP contribution >= 0.6 is 11.6 Å². The van der Waals surface area contributed by atoms with E-state index in [0.717, 1.165) is 5.69 Å². The minimum Gasteiger partial charge on any atom is -0.377 e. The molecule has 1 atom stereocenters. The van der Waals surface area contributed by atoms with E-state index in [9.17, 15) is 14.9 Å². The Balaban J connectivity index is 1.98. The van der Waals surface area contributed by atoms with Crippen LogP contribution in [0.3, 0.4) is 0 Å². The number of anilines is 1. The summed E-state index contributed by atoms with van der Waals surface area (Å²) in [4.78, 5) is 22.6. The number of ketones is 1. The number of para-hydroxylation sites is 1. The summed E-state index contributed by atoms with van der Waals surface area (Å²) in [7, 11) is 0. The van der Waals surface area contributed by atoms with Gasteiger partial charge in [0.1, 0.15) is 5.02 Å². The number of nitrogens with zero attached hydrogens (tertiary/aromatic N) is 1. The standard InChI is InChI=1S/C15H11ClN2O3/c16-11-6-5-9(7-14(11)18(20)21)13-8-15(19)10-3-1-2-4-12(10)17-13/h1-7,13,17H,8H2/t13-/m0/s1. The van der Waals surface area contributed by atoms with E-state index in [1.807, 2.05) is 18.2 Å². The number of nitrogens with one attached hydrogen (secondary N) is 1. The summed E-state index contributed by atoms with van der Waals surface area (Å²) in [5.74, 6) is 0.0203. The van der Waals surface area contributed by atoms with Crippen LogP contribution in [0.4, 0.5) is 11.4 Å². The zero-order valence-corrected chi connectivity index (χ0v) is 11.6. The number of hydrogen-bond acceptors (Lipinski definition) is 4. The lowest BCUT2D eigenvalue weighted by atomic mass is 9.92. The highest BCUT2D eigenvalue weighted by atomic mass is 35.5. The Bertz CT molecular complexity index is 745. The Morgan fingerprint density at radius 1 is 1.24 bits per heavy atom. The molecule has 5 nitrogen and oxygen atoms in total. The SMILES string of the molecule is O=C1C[C@@H](c2ccc(Cl)c([N+](=O)[O-])c2)Nc2ccccc21. The van der Waals surface area contributed by atoms with Gasteiger partial charge in [0.2, 0.25) is 0 Å². The quantitative estimate of drug-likeness (QED) is 0.672. The predicted octanol–water partition coefficient (Wildman–Crippen LogP) is 3.99. The number of nitro benzene ring substituents is 1. The van der Waals surface area contributed by atoms with Gasteiger partial charge in [-0.15, -0.1) is 0 Å². The van der Waals surface area contributed by atoms with Crippen LogP contribution in [0, 0.1) is 10.1 Å². The molecule has 3 rings (SSSR count). The largest absolute Gasteiger partial charge is 0.377 e. The summed E-state index contributed by atoms with van der Waals surface area (Å²) in [5.41, 5.74) is 1.92. The monoisotopic (exact) mass is 302 g/mol. The molecule has 2 aromatic rings. The molecule has 1 N–H and O–H groups in total. The van der Waals surface area contributed by atoms with Crippen LogP contribution in [-0.2, 0) is 0 Å². The zero-order valence-electron chi connectivity index (χ0n) is 10.9. The number of halogens is 1. The van der Waals surface area contributed by atoms with Crippen molar-refractivity contribution in [2.45, 2.75) is 12.5 Å². The smallest absolute Gasteiger partial charge is 0.288 e. The average molecular weight is 303 g/mol. The second-order valence-electron chi connectivity index (χ2n) is 4.84. The van der Waals surface area contributed by atoms with Gasteiger partial charge in [-0.2, -0.15) is 0 Å². The molecule has 2 aromatic carbocycles. The van der Waals surface area contributed by atoms with Crippen LogP contribution < -0.4 is 5.32 Å². The van der Waals surface area contributed by atoms with E-state index < -0.39 is 4.92 Å². The fourth-order valence-corrected chi connectivity index (χ4v) is 2.66. The van der Waals surface area contributed by atoms with Crippen molar-refractivity contribution in [2.75, 3.05) is 5.32 Å². The summed E-state index contributed by atoms with van der Waals surface area (Å²) in [6.07, 6.45) is 0.260. The predicted molar refractivity (Wildman–Crippen MR) is 79.9 cm³/mol. The van der Waals surface area contributed by atoms with Crippen LogP contribution in [0.25, 0.3) is 0 Å². The summed E-state index contributed by atoms with van der Waals surface area (Å²) in [6.45, 7) is 0.